The van der Waals surface area contributed by atoms with Crippen LogP contribution < -0.4 is 0 Å². The molecule has 1 saturated heterocycles. The van der Waals surface area contributed by atoms with E-state index in [1.807, 2.05) is 0 Å². The van der Waals surface area contributed by atoms with Gasteiger partial charge in [-0.05, 0) is 24.3 Å². The smallest absolute Gasteiger partial charge is 0.407 e. The minimum Gasteiger partial charge on any atom is -0.465 e. The van der Waals surface area contributed by atoms with Crippen LogP contribution in [0.3, 0.4) is 0 Å². The van der Waals surface area contributed by atoms with Crippen molar-refractivity contribution in [3.63, 3.8) is 0 Å². The summed E-state index contributed by atoms with van der Waals surface area (Å²) in [5.41, 5.74) is -1.41. The summed E-state index contributed by atoms with van der Waals surface area (Å²) in [6, 6.07) is 7.06. The molecule has 1 aromatic rings. The van der Waals surface area contributed by atoms with E-state index in [2.05, 4.69) is 0 Å². The maximum absolute atomic E-state index is 11.0. The fourth-order valence-corrected chi connectivity index (χ4v) is 3.36. The molecule has 0 aliphatic carbocycles. The van der Waals surface area contributed by atoms with E-state index in [1.165, 1.54) is 11.8 Å². The van der Waals surface area contributed by atoms with Gasteiger partial charge in [0.25, 0.3) is 0 Å². The molecule has 1 aromatic carbocycles. The Balaban J connectivity index is 2.13. The van der Waals surface area contributed by atoms with Crippen molar-refractivity contribution in [3.8, 4) is 0 Å². The van der Waals surface area contributed by atoms with Gasteiger partial charge in [-0.1, -0.05) is 11.6 Å². The highest BCUT2D eigenvalue weighted by Gasteiger charge is 2.47. The standard InChI is InChI=1S/C12H14ClNO4S/c13-8-1-3-9(4-2-8)19-10-5-14(11(16)17)6-12(10,18)7-15/h1-4,10,15,18H,5-7H2,(H,16,17)/t10-,12+/m0/s1. The zero-order chi connectivity index (χ0) is 14.0. The number of hydrogen-bond acceptors (Lipinski definition) is 4. The molecular formula is C12H14ClNO4S. The monoisotopic (exact) mass is 303 g/mol. The number of amides is 1. The predicted octanol–water partition coefficient (Wildman–Crippen LogP) is 1.52. The van der Waals surface area contributed by atoms with Crippen LogP contribution in [-0.4, -0.2) is 56.9 Å². The van der Waals surface area contributed by atoms with Crippen molar-refractivity contribution in [1.82, 2.24) is 4.90 Å². The number of aliphatic hydroxyl groups is 2. The number of thioether (sulfide) groups is 1. The summed E-state index contributed by atoms with van der Waals surface area (Å²) in [7, 11) is 0. The van der Waals surface area contributed by atoms with E-state index >= 15 is 0 Å². The molecule has 1 aliphatic rings. The molecule has 1 aliphatic heterocycles. The summed E-state index contributed by atoms with van der Waals surface area (Å²) in [5, 5.41) is 28.8. The summed E-state index contributed by atoms with van der Waals surface area (Å²) in [4.78, 5) is 12.9. The maximum atomic E-state index is 11.0. The molecule has 2 atom stereocenters. The highest BCUT2D eigenvalue weighted by atomic mass is 35.5. The lowest BCUT2D eigenvalue weighted by molar-refractivity contribution is -0.000718. The lowest BCUT2D eigenvalue weighted by atomic mass is 10.1. The van der Waals surface area contributed by atoms with Crippen LogP contribution in [0.5, 0.6) is 0 Å². The zero-order valence-corrected chi connectivity index (χ0v) is 11.6. The van der Waals surface area contributed by atoms with Gasteiger partial charge in [0.05, 0.1) is 18.4 Å². The number of benzene rings is 1. The number of rotatable bonds is 3. The zero-order valence-electron chi connectivity index (χ0n) is 9.99. The average Bonchev–Trinajstić information content (AvgIpc) is 2.71. The first-order valence-electron chi connectivity index (χ1n) is 5.68. The van der Waals surface area contributed by atoms with Crippen LogP contribution >= 0.6 is 23.4 Å². The van der Waals surface area contributed by atoms with Gasteiger partial charge in [0.1, 0.15) is 5.60 Å². The summed E-state index contributed by atoms with van der Waals surface area (Å²) >= 11 is 7.13. The molecule has 0 aromatic heterocycles. The Hall–Kier alpha value is -0.950. The highest BCUT2D eigenvalue weighted by Crippen LogP contribution is 2.36. The van der Waals surface area contributed by atoms with E-state index < -0.39 is 23.6 Å². The van der Waals surface area contributed by atoms with Crippen molar-refractivity contribution in [2.75, 3.05) is 19.7 Å². The van der Waals surface area contributed by atoms with E-state index in [9.17, 15) is 15.0 Å². The van der Waals surface area contributed by atoms with Crippen LogP contribution in [0, 0.1) is 0 Å². The van der Waals surface area contributed by atoms with Gasteiger partial charge >= 0.3 is 6.09 Å². The fourth-order valence-electron chi connectivity index (χ4n) is 1.99. The van der Waals surface area contributed by atoms with Gasteiger partial charge in [0.15, 0.2) is 0 Å². The van der Waals surface area contributed by atoms with Crippen LogP contribution in [-0.2, 0) is 0 Å². The molecule has 1 fully saturated rings. The quantitative estimate of drug-likeness (QED) is 0.789. The summed E-state index contributed by atoms with van der Waals surface area (Å²) in [5.74, 6) is 0. The van der Waals surface area contributed by atoms with Crippen LogP contribution in [0.25, 0.3) is 0 Å². The number of hydrogen-bond donors (Lipinski definition) is 3. The van der Waals surface area contributed by atoms with Crippen molar-refractivity contribution >= 4 is 29.5 Å². The molecule has 7 heteroatoms. The lowest BCUT2D eigenvalue weighted by Crippen LogP contribution is -2.44. The third-order valence-electron chi connectivity index (χ3n) is 3.09. The Bertz CT molecular complexity index is 469. The van der Waals surface area contributed by atoms with Crippen LogP contribution in [0.4, 0.5) is 4.79 Å². The van der Waals surface area contributed by atoms with Crippen molar-refractivity contribution in [1.29, 1.82) is 0 Å². The second-order valence-electron chi connectivity index (χ2n) is 4.49. The normalized spacial score (nSPS) is 26.7. The topological polar surface area (TPSA) is 81.0 Å². The SMILES string of the molecule is O=C(O)N1C[C@H](Sc2ccc(Cl)cc2)[C@](O)(CO)C1. The number of aliphatic hydroxyl groups excluding tert-OH is 1. The molecule has 19 heavy (non-hydrogen) atoms. The van der Waals surface area contributed by atoms with Crippen LogP contribution in [0.1, 0.15) is 0 Å². The van der Waals surface area contributed by atoms with Crippen molar-refractivity contribution in [2.45, 2.75) is 15.7 Å². The van der Waals surface area contributed by atoms with E-state index in [4.69, 9.17) is 16.7 Å². The molecule has 0 spiro atoms. The van der Waals surface area contributed by atoms with Crippen LogP contribution in [0.2, 0.25) is 5.02 Å². The van der Waals surface area contributed by atoms with Gasteiger partial charge in [-0.3, -0.25) is 0 Å². The molecule has 0 unspecified atom stereocenters. The first-order chi connectivity index (χ1) is 8.94. The number of halogens is 1. The third kappa shape index (κ3) is 3.14. The molecule has 1 heterocycles. The first kappa shape index (κ1) is 14.5. The maximum Gasteiger partial charge on any atom is 0.407 e. The predicted molar refractivity (Wildman–Crippen MR) is 72.7 cm³/mol. The van der Waals surface area contributed by atoms with Gasteiger partial charge in [-0.25, -0.2) is 4.79 Å². The molecular weight excluding hydrogens is 290 g/mol. The molecule has 104 valence electrons. The van der Waals surface area contributed by atoms with Crippen LogP contribution in [0.15, 0.2) is 29.2 Å². The molecule has 3 N–H and O–H groups in total. The van der Waals surface area contributed by atoms with Gasteiger partial charge in [-0.15, -0.1) is 11.8 Å². The number of β-amino-alcohol motifs (C(OH)–C–C–N with tert-alkyl or cyclic N) is 1. The van der Waals surface area contributed by atoms with Crippen molar-refractivity contribution < 1.29 is 20.1 Å². The van der Waals surface area contributed by atoms with Gasteiger partial charge in [0, 0.05) is 16.5 Å². The molecule has 1 amide bonds. The van der Waals surface area contributed by atoms with Crippen molar-refractivity contribution in [2.24, 2.45) is 0 Å². The van der Waals surface area contributed by atoms with E-state index in [0.29, 0.717) is 5.02 Å². The van der Waals surface area contributed by atoms with Gasteiger partial charge < -0.3 is 20.2 Å². The fraction of sp³-hybridized carbons (Fsp3) is 0.417. The Kier molecular flexibility index (Phi) is 4.25. The van der Waals surface area contributed by atoms with Gasteiger partial charge in [-0.2, -0.15) is 0 Å². The van der Waals surface area contributed by atoms with Gasteiger partial charge in [0.2, 0.25) is 0 Å². The number of carbonyl (C=O) groups is 1. The summed E-state index contributed by atoms with van der Waals surface area (Å²) < 4.78 is 0. The van der Waals surface area contributed by atoms with E-state index in [1.54, 1.807) is 24.3 Å². The summed E-state index contributed by atoms with van der Waals surface area (Å²) in [6.07, 6.45) is -1.09. The molecule has 5 nitrogen and oxygen atoms in total. The molecule has 2 rings (SSSR count). The number of likely N-dealkylation sites (tertiary alicyclic amines) is 1. The Morgan fingerprint density at radius 1 is 1.47 bits per heavy atom. The average molecular weight is 304 g/mol. The minimum absolute atomic E-state index is 0.0793. The van der Waals surface area contributed by atoms with E-state index in [-0.39, 0.29) is 13.1 Å². The molecule has 0 radical (unpaired) electrons. The highest BCUT2D eigenvalue weighted by molar-refractivity contribution is 8.00. The Morgan fingerprint density at radius 3 is 2.63 bits per heavy atom. The lowest BCUT2D eigenvalue weighted by Gasteiger charge is -2.25. The van der Waals surface area contributed by atoms with E-state index in [0.717, 1.165) is 9.80 Å². The Labute approximate surface area is 119 Å². The second kappa shape index (κ2) is 5.58. The first-order valence-corrected chi connectivity index (χ1v) is 6.94. The number of nitrogens with zero attached hydrogens (tertiary/aromatic N) is 1. The van der Waals surface area contributed by atoms with Crippen molar-refractivity contribution in [3.05, 3.63) is 29.3 Å². The third-order valence-corrected chi connectivity index (χ3v) is 4.76. The second-order valence-corrected chi connectivity index (χ2v) is 6.20. The molecule has 0 saturated carbocycles. The largest absolute Gasteiger partial charge is 0.465 e. The number of carboxylic acid groups (broad SMARTS) is 1. The molecule has 0 bridgehead atoms. The summed E-state index contributed by atoms with van der Waals surface area (Å²) in [6.45, 7) is -0.369. The minimum atomic E-state index is -1.41. The Morgan fingerprint density at radius 2 is 2.11 bits per heavy atom.